The highest BCUT2D eigenvalue weighted by molar-refractivity contribution is 7.15. The molecule has 0 saturated carbocycles. The van der Waals surface area contributed by atoms with Gasteiger partial charge in [-0.05, 0) is 43.0 Å². The van der Waals surface area contributed by atoms with E-state index >= 15 is 0 Å². The standard InChI is InChI=1S/C24H32N4O3S/c1-5-8-9-10-13-31-20-12-11-17(15-21(20)30-4)14-19(16-25)22(29)26-24-28-27-23(32-24)18(6-2)7-3/h11-12,14-15,18H,5-10,13H2,1-4H3,(H,26,28,29)/b19-14-. The van der Waals surface area contributed by atoms with Crippen LogP contribution in [0.3, 0.4) is 0 Å². The second-order valence-corrected chi connectivity index (χ2v) is 8.41. The van der Waals surface area contributed by atoms with Crippen molar-refractivity contribution in [3.63, 3.8) is 0 Å². The van der Waals surface area contributed by atoms with Crippen molar-refractivity contribution in [1.82, 2.24) is 10.2 Å². The van der Waals surface area contributed by atoms with Gasteiger partial charge in [0.25, 0.3) is 5.91 Å². The predicted octanol–water partition coefficient (Wildman–Crippen LogP) is 5.96. The minimum Gasteiger partial charge on any atom is -0.493 e. The minimum atomic E-state index is -0.519. The molecule has 0 aliphatic carbocycles. The van der Waals surface area contributed by atoms with Gasteiger partial charge in [0.1, 0.15) is 16.6 Å². The van der Waals surface area contributed by atoms with E-state index in [1.807, 2.05) is 6.07 Å². The van der Waals surface area contributed by atoms with Crippen molar-refractivity contribution in [2.24, 2.45) is 0 Å². The largest absolute Gasteiger partial charge is 0.493 e. The van der Waals surface area contributed by atoms with Gasteiger partial charge < -0.3 is 9.47 Å². The molecule has 2 rings (SSSR count). The Bertz CT molecular complexity index is 945. The normalized spacial score (nSPS) is 11.3. The summed E-state index contributed by atoms with van der Waals surface area (Å²) >= 11 is 1.35. The van der Waals surface area contributed by atoms with Gasteiger partial charge in [-0.25, -0.2) is 0 Å². The topological polar surface area (TPSA) is 97.1 Å². The maximum absolute atomic E-state index is 12.6. The molecule has 0 bridgehead atoms. The van der Waals surface area contributed by atoms with Crippen LogP contribution in [-0.2, 0) is 4.79 Å². The maximum Gasteiger partial charge on any atom is 0.268 e. The number of unbranched alkanes of at least 4 members (excludes halogenated alkanes) is 3. The second-order valence-electron chi connectivity index (χ2n) is 7.40. The lowest BCUT2D eigenvalue weighted by atomic mass is 10.1. The van der Waals surface area contributed by atoms with Gasteiger partial charge in [0.05, 0.1) is 13.7 Å². The van der Waals surface area contributed by atoms with Gasteiger partial charge >= 0.3 is 0 Å². The summed E-state index contributed by atoms with van der Waals surface area (Å²) in [5.74, 6) is 1.01. The third-order valence-corrected chi connectivity index (χ3v) is 6.12. The number of anilines is 1. The van der Waals surface area contributed by atoms with Gasteiger partial charge in [0.15, 0.2) is 11.5 Å². The number of rotatable bonds is 13. The van der Waals surface area contributed by atoms with Crippen LogP contribution in [0.1, 0.15) is 75.8 Å². The zero-order valence-electron chi connectivity index (χ0n) is 19.3. The Kier molecular flexibility index (Phi) is 10.7. The van der Waals surface area contributed by atoms with E-state index in [1.165, 1.54) is 30.3 Å². The van der Waals surface area contributed by atoms with Crippen molar-refractivity contribution in [1.29, 1.82) is 5.26 Å². The van der Waals surface area contributed by atoms with Gasteiger partial charge in [0, 0.05) is 5.92 Å². The highest BCUT2D eigenvalue weighted by Crippen LogP contribution is 2.30. The molecule has 0 spiro atoms. The van der Waals surface area contributed by atoms with Gasteiger partial charge in [-0.2, -0.15) is 5.26 Å². The molecule has 0 saturated heterocycles. The molecule has 8 heteroatoms. The third kappa shape index (κ3) is 7.34. The number of nitrogens with zero attached hydrogens (tertiary/aromatic N) is 3. The quantitative estimate of drug-likeness (QED) is 0.227. The molecule has 0 aliphatic heterocycles. The lowest BCUT2D eigenvalue weighted by Gasteiger charge is -2.11. The third-order valence-electron chi connectivity index (χ3n) is 5.12. The summed E-state index contributed by atoms with van der Waals surface area (Å²) < 4.78 is 11.3. The van der Waals surface area contributed by atoms with E-state index in [0.29, 0.717) is 34.7 Å². The molecule has 0 unspecified atom stereocenters. The van der Waals surface area contributed by atoms with Gasteiger partial charge in [-0.15, -0.1) is 10.2 Å². The van der Waals surface area contributed by atoms with Crippen molar-refractivity contribution < 1.29 is 14.3 Å². The molecule has 1 amide bonds. The minimum absolute atomic E-state index is 0.0282. The molecule has 1 N–H and O–H groups in total. The summed E-state index contributed by atoms with van der Waals surface area (Å²) in [5, 5.41) is 21.7. The Morgan fingerprint density at radius 2 is 1.97 bits per heavy atom. The summed E-state index contributed by atoms with van der Waals surface area (Å²) in [4.78, 5) is 12.6. The number of hydrogen-bond donors (Lipinski definition) is 1. The molecule has 172 valence electrons. The number of aromatic nitrogens is 2. The number of ether oxygens (including phenoxy) is 2. The van der Waals surface area contributed by atoms with Crippen molar-refractivity contribution in [3.8, 4) is 17.6 Å². The zero-order valence-corrected chi connectivity index (χ0v) is 20.1. The monoisotopic (exact) mass is 456 g/mol. The Morgan fingerprint density at radius 3 is 2.62 bits per heavy atom. The first-order chi connectivity index (χ1) is 15.6. The highest BCUT2D eigenvalue weighted by Gasteiger charge is 2.17. The smallest absolute Gasteiger partial charge is 0.268 e. The van der Waals surface area contributed by atoms with Crippen LogP contribution in [0.2, 0.25) is 0 Å². The van der Waals surface area contributed by atoms with E-state index in [2.05, 4.69) is 36.3 Å². The Hall–Kier alpha value is -2.92. The number of carbonyl (C=O) groups excluding carboxylic acids is 1. The molecule has 2 aromatic rings. The van der Waals surface area contributed by atoms with Crippen LogP contribution in [0.25, 0.3) is 6.08 Å². The Labute approximate surface area is 194 Å². The maximum atomic E-state index is 12.6. The number of methoxy groups -OCH3 is 1. The first kappa shape index (κ1) is 25.3. The van der Waals surface area contributed by atoms with E-state index < -0.39 is 5.91 Å². The lowest BCUT2D eigenvalue weighted by molar-refractivity contribution is -0.112. The molecule has 32 heavy (non-hydrogen) atoms. The molecular formula is C24H32N4O3S. The van der Waals surface area contributed by atoms with Crippen LogP contribution in [0, 0.1) is 11.3 Å². The van der Waals surface area contributed by atoms with Gasteiger partial charge in [-0.1, -0.05) is 57.4 Å². The molecule has 0 aliphatic rings. The number of nitrogens with one attached hydrogen (secondary N) is 1. The van der Waals surface area contributed by atoms with Crippen molar-refractivity contribution in [2.75, 3.05) is 19.0 Å². The second kappa shape index (κ2) is 13.5. The van der Waals surface area contributed by atoms with Gasteiger partial charge in [0.2, 0.25) is 5.13 Å². The molecular weight excluding hydrogens is 424 g/mol. The van der Waals surface area contributed by atoms with E-state index in [-0.39, 0.29) is 5.57 Å². The van der Waals surface area contributed by atoms with Crippen LogP contribution in [-0.4, -0.2) is 29.8 Å². The van der Waals surface area contributed by atoms with Crippen LogP contribution >= 0.6 is 11.3 Å². The van der Waals surface area contributed by atoms with Crippen LogP contribution in [0.15, 0.2) is 23.8 Å². The first-order valence-corrected chi connectivity index (χ1v) is 11.9. The van der Waals surface area contributed by atoms with Crippen molar-refractivity contribution in [3.05, 3.63) is 34.3 Å². The number of benzene rings is 1. The molecule has 0 atom stereocenters. The average Bonchev–Trinajstić information content (AvgIpc) is 3.26. The van der Waals surface area contributed by atoms with Crippen molar-refractivity contribution in [2.45, 2.75) is 65.2 Å². The molecule has 0 radical (unpaired) electrons. The lowest BCUT2D eigenvalue weighted by Crippen LogP contribution is -2.13. The summed E-state index contributed by atoms with van der Waals surface area (Å²) in [6.07, 6.45) is 7.93. The molecule has 7 nitrogen and oxygen atoms in total. The van der Waals surface area contributed by atoms with Crippen LogP contribution in [0.5, 0.6) is 11.5 Å². The van der Waals surface area contributed by atoms with E-state index in [1.54, 1.807) is 25.3 Å². The number of hydrogen-bond acceptors (Lipinski definition) is 7. The van der Waals surface area contributed by atoms with E-state index in [4.69, 9.17) is 9.47 Å². The van der Waals surface area contributed by atoms with Crippen LogP contribution < -0.4 is 14.8 Å². The number of carbonyl (C=O) groups is 1. The fourth-order valence-corrected chi connectivity index (χ4v) is 4.18. The number of nitriles is 1. The molecule has 1 aromatic heterocycles. The van der Waals surface area contributed by atoms with Crippen molar-refractivity contribution >= 4 is 28.5 Å². The Balaban J connectivity index is 2.08. The number of amides is 1. The summed E-state index contributed by atoms with van der Waals surface area (Å²) in [6, 6.07) is 7.31. The highest BCUT2D eigenvalue weighted by atomic mass is 32.1. The molecule has 1 aromatic carbocycles. The van der Waals surface area contributed by atoms with E-state index in [0.717, 1.165) is 30.7 Å². The zero-order chi connectivity index (χ0) is 23.3. The first-order valence-electron chi connectivity index (χ1n) is 11.1. The summed E-state index contributed by atoms with van der Waals surface area (Å²) in [6.45, 7) is 6.99. The van der Waals surface area contributed by atoms with Gasteiger partial charge in [-0.3, -0.25) is 10.1 Å². The average molecular weight is 457 g/mol. The molecule has 1 heterocycles. The van der Waals surface area contributed by atoms with E-state index in [9.17, 15) is 10.1 Å². The summed E-state index contributed by atoms with van der Waals surface area (Å²) in [5.41, 5.74) is 0.640. The Morgan fingerprint density at radius 1 is 1.19 bits per heavy atom. The van der Waals surface area contributed by atoms with Crippen LogP contribution in [0.4, 0.5) is 5.13 Å². The SMILES string of the molecule is CCCCCCOc1ccc(/C=C(/C#N)C(=O)Nc2nnc(C(CC)CC)s2)cc1OC. The fraction of sp³-hybridized carbons (Fsp3) is 0.500. The summed E-state index contributed by atoms with van der Waals surface area (Å²) in [7, 11) is 1.57. The predicted molar refractivity (Wildman–Crippen MR) is 128 cm³/mol. The fourth-order valence-electron chi connectivity index (χ4n) is 3.17. The molecule has 0 fully saturated rings.